The summed E-state index contributed by atoms with van der Waals surface area (Å²) in [6.45, 7) is 3.20. The summed E-state index contributed by atoms with van der Waals surface area (Å²) in [6.07, 6.45) is 0. The Balaban J connectivity index is 2.21. The summed E-state index contributed by atoms with van der Waals surface area (Å²) in [7, 11) is 3.69. The first-order chi connectivity index (χ1) is 6.19. The van der Waals surface area contributed by atoms with Gasteiger partial charge in [0.25, 0.3) is 0 Å². The minimum absolute atomic E-state index is 0.0115. The SMILES string of the molecule is CNC(=O)N1CC(N(C)CCN)C1. The molecular weight excluding hydrogens is 168 g/mol. The molecule has 1 aliphatic rings. The average Bonchev–Trinajstić information content (AvgIpc) is 2.01. The number of amides is 2. The van der Waals surface area contributed by atoms with Crippen molar-refractivity contribution in [3.63, 3.8) is 0 Å². The first-order valence-corrected chi connectivity index (χ1v) is 4.56. The third kappa shape index (κ3) is 2.32. The van der Waals surface area contributed by atoms with E-state index in [0.29, 0.717) is 12.6 Å². The van der Waals surface area contributed by atoms with Crippen LogP contribution >= 0.6 is 0 Å². The summed E-state index contributed by atoms with van der Waals surface area (Å²) in [6, 6.07) is 0.498. The van der Waals surface area contributed by atoms with Gasteiger partial charge in [-0.3, -0.25) is 4.90 Å². The number of nitrogens with two attached hydrogens (primary N) is 1. The van der Waals surface area contributed by atoms with Crippen LogP contribution in [0.5, 0.6) is 0 Å². The number of likely N-dealkylation sites (tertiary alicyclic amines) is 1. The molecule has 1 saturated heterocycles. The molecule has 1 aliphatic heterocycles. The fourth-order valence-corrected chi connectivity index (χ4v) is 1.44. The summed E-state index contributed by atoms with van der Waals surface area (Å²) in [5.74, 6) is 0. The number of carbonyl (C=O) groups is 1. The number of hydrogen-bond donors (Lipinski definition) is 2. The van der Waals surface area contributed by atoms with E-state index in [1.807, 2.05) is 7.05 Å². The van der Waals surface area contributed by atoms with Crippen molar-refractivity contribution in [3.05, 3.63) is 0 Å². The van der Waals surface area contributed by atoms with Gasteiger partial charge in [-0.05, 0) is 7.05 Å². The zero-order valence-corrected chi connectivity index (χ0v) is 8.29. The quantitative estimate of drug-likeness (QED) is 0.588. The highest BCUT2D eigenvalue weighted by atomic mass is 16.2. The smallest absolute Gasteiger partial charge is 0.317 e. The second-order valence-electron chi connectivity index (χ2n) is 3.38. The molecular formula is C8H18N4O. The molecule has 3 N–H and O–H groups in total. The van der Waals surface area contributed by atoms with Crippen LogP contribution in [-0.2, 0) is 0 Å². The normalized spacial score (nSPS) is 17.4. The molecule has 0 aromatic rings. The molecule has 0 saturated carbocycles. The molecule has 5 heteroatoms. The van der Waals surface area contributed by atoms with Gasteiger partial charge in [0.1, 0.15) is 0 Å². The number of nitrogens with zero attached hydrogens (tertiary/aromatic N) is 2. The van der Waals surface area contributed by atoms with Crippen LogP contribution < -0.4 is 11.1 Å². The number of rotatable bonds is 3. The van der Waals surface area contributed by atoms with Crippen LogP contribution in [0.3, 0.4) is 0 Å². The van der Waals surface area contributed by atoms with E-state index in [2.05, 4.69) is 10.2 Å². The second kappa shape index (κ2) is 4.43. The van der Waals surface area contributed by atoms with Gasteiger partial charge in [-0.15, -0.1) is 0 Å². The van der Waals surface area contributed by atoms with E-state index in [4.69, 9.17) is 5.73 Å². The van der Waals surface area contributed by atoms with Crippen LogP contribution in [0.4, 0.5) is 4.79 Å². The Labute approximate surface area is 78.9 Å². The molecule has 0 aliphatic carbocycles. The van der Waals surface area contributed by atoms with Crippen LogP contribution in [0.25, 0.3) is 0 Å². The highest BCUT2D eigenvalue weighted by molar-refractivity contribution is 5.74. The third-order valence-corrected chi connectivity index (χ3v) is 2.47. The molecule has 1 fully saturated rings. The first kappa shape index (κ1) is 10.3. The molecule has 0 radical (unpaired) electrons. The number of nitrogens with one attached hydrogen (secondary N) is 1. The maximum atomic E-state index is 11.1. The molecule has 0 bridgehead atoms. The summed E-state index contributed by atoms with van der Waals surface area (Å²) in [4.78, 5) is 15.1. The van der Waals surface area contributed by atoms with Crippen molar-refractivity contribution < 1.29 is 4.79 Å². The van der Waals surface area contributed by atoms with Gasteiger partial charge in [0, 0.05) is 39.3 Å². The van der Waals surface area contributed by atoms with Crippen molar-refractivity contribution >= 4 is 6.03 Å². The molecule has 2 amide bonds. The van der Waals surface area contributed by atoms with Gasteiger partial charge in [0.15, 0.2) is 0 Å². The molecule has 0 atom stereocenters. The standard InChI is InChI=1S/C8H18N4O/c1-10-8(13)12-5-7(6-12)11(2)4-3-9/h7H,3-6,9H2,1-2H3,(H,10,13). The molecule has 13 heavy (non-hydrogen) atoms. The van der Waals surface area contributed by atoms with E-state index >= 15 is 0 Å². The summed E-state index contributed by atoms with van der Waals surface area (Å²) < 4.78 is 0. The lowest BCUT2D eigenvalue weighted by Crippen LogP contribution is -2.62. The third-order valence-electron chi connectivity index (χ3n) is 2.47. The topological polar surface area (TPSA) is 61.6 Å². The van der Waals surface area contributed by atoms with Gasteiger partial charge in [-0.2, -0.15) is 0 Å². The molecule has 0 aromatic carbocycles. The van der Waals surface area contributed by atoms with E-state index in [9.17, 15) is 4.79 Å². The molecule has 5 nitrogen and oxygen atoms in total. The first-order valence-electron chi connectivity index (χ1n) is 4.56. The Morgan fingerprint density at radius 3 is 2.77 bits per heavy atom. The minimum Gasteiger partial charge on any atom is -0.341 e. The average molecular weight is 186 g/mol. The van der Waals surface area contributed by atoms with Crippen LogP contribution in [0, 0.1) is 0 Å². The van der Waals surface area contributed by atoms with Gasteiger partial charge < -0.3 is 16.0 Å². The zero-order valence-electron chi connectivity index (χ0n) is 8.29. The number of hydrogen-bond acceptors (Lipinski definition) is 3. The van der Waals surface area contributed by atoms with Gasteiger partial charge in [-0.25, -0.2) is 4.79 Å². The van der Waals surface area contributed by atoms with Crippen molar-refractivity contribution in [2.24, 2.45) is 5.73 Å². The van der Waals surface area contributed by atoms with E-state index in [1.165, 1.54) is 0 Å². The van der Waals surface area contributed by atoms with Gasteiger partial charge in [-0.1, -0.05) is 0 Å². The van der Waals surface area contributed by atoms with Gasteiger partial charge in [0.05, 0.1) is 0 Å². The Morgan fingerprint density at radius 1 is 1.69 bits per heavy atom. The summed E-state index contributed by atoms with van der Waals surface area (Å²) in [5.41, 5.74) is 5.43. The minimum atomic E-state index is 0.0115. The van der Waals surface area contributed by atoms with Gasteiger partial charge in [0.2, 0.25) is 0 Å². The van der Waals surface area contributed by atoms with Crippen molar-refractivity contribution in [3.8, 4) is 0 Å². The molecule has 76 valence electrons. The fraction of sp³-hybridized carbons (Fsp3) is 0.875. The predicted molar refractivity (Wildman–Crippen MR) is 51.5 cm³/mol. The van der Waals surface area contributed by atoms with Gasteiger partial charge >= 0.3 is 6.03 Å². The highest BCUT2D eigenvalue weighted by Crippen LogP contribution is 2.12. The number of urea groups is 1. The largest absolute Gasteiger partial charge is 0.341 e. The van der Waals surface area contributed by atoms with Crippen LogP contribution in [0.15, 0.2) is 0 Å². The van der Waals surface area contributed by atoms with E-state index < -0.39 is 0 Å². The predicted octanol–water partition coefficient (Wildman–Crippen LogP) is -1.10. The summed E-state index contributed by atoms with van der Waals surface area (Å²) >= 11 is 0. The lowest BCUT2D eigenvalue weighted by molar-refractivity contribution is 0.0755. The lowest BCUT2D eigenvalue weighted by atomic mass is 10.1. The number of carbonyl (C=O) groups excluding carboxylic acids is 1. The Hall–Kier alpha value is -0.810. The summed E-state index contributed by atoms with van der Waals surface area (Å²) in [5, 5.41) is 2.60. The molecule has 1 heterocycles. The maximum absolute atomic E-state index is 11.1. The number of likely N-dealkylation sites (N-methyl/N-ethyl adjacent to an activating group) is 1. The maximum Gasteiger partial charge on any atom is 0.317 e. The monoisotopic (exact) mass is 186 g/mol. The molecule has 0 spiro atoms. The fourth-order valence-electron chi connectivity index (χ4n) is 1.44. The van der Waals surface area contributed by atoms with Crippen molar-refractivity contribution in [2.45, 2.75) is 6.04 Å². The van der Waals surface area contributed by atoms with Crippen LogP contribution in [0.1, 0.15) is 0 Å². The zero-order chi connectivity index (χ0) is 9.84. The highest BCUT2D eigenvalue weighted by Gasteiger charge is 2.32. The van der Waals surface area contributed by atoms with E-state index in [0.717, 1.165) is 19.6 Å². The lowest BCUT2D eigenvalue weighted by Gasteiger charge is -2.43. The van der Waals surface area contributed by atoms with Crippen LogP contribution in [0.2, 0.25) is 0 Å². The molecule has 0 unspecified atom stereocenters. The van der Waals surface area contributed by atoms with Crippen molar-refractivity contribution in [2.75, 3.05) is 40.3 Å². The van der Waals surface area contributed by atoms with Crippen molar-refractivity contribution in [1.29, 1.82) is 0 Å². The molecule has 0 aromatic heterocycles. The second-order valence-corrected chi connectivity index (χ2v) is 3.38. The molecule has 1 rings (SSSR count). The Morgan fingerprint density at radius 2 is 2.31 bits per heavy atom. The van der Waals surface area contributed by atoms with E-state index in [-0.39, 0.29) is 6.03 Å². The Bertz CT molecular complexity index is 179. The van der Waals surface area contributed by atoms with Crippen molar-refractivity contribution in [1.82, 2.24) is 15.1 Å². The van der Waals surface area contributed by atoms with Crippen LogP contribution in [-0.4, -0.2) is 62.1 Å². The Kier molecular flexibility index (Phi) is 3.50. The van der Waals surface area contributed by atoms with E-state index in [1.54, 1.807) is 11.9 Å².